The van der Waals surface area contributed by atoms with Gasteiger partial charge < -0.3 is 14.5 Å². The number of anilines is 1. The number of carbonyl (C=O) groups is 1. The van der Waals surface area contributed by atoms with Crippen LogP contribution in [0.15, 0.2) is 29.8 Å². The van der Waals surface area contributed by atoms with Gasteiger partial charge in [-0.15, -0.1) is 10.2 Å². The van der Waals surface area contributed by atoms with Crippen molar-refractivity contribution in [2.75, 3.05) is 51.0 Å². The van der Waals surface area contributed by atoms with E-state index in [2.05, 4.69) is 37.6 Å². The van der Waals surface area contributed by atoms with Crippen LogP contribution in [0.2, 0.25) is 0 Å². The van der Waals surface area contributed by atoms with E-state index >= 15 is 0 Å². The Bertz CT molecular complexity index is 1230. The molecule has 2 fully saturated rings. The van der Waals surface area contributed by atoms with E-state index in [-0.39, 0.29) is 11.8 Å². The Balaban J connectivity index is 1.48. The van der Waals surface area contributed by atoms with Crippen LogP contribution in [0.1, 0.15) is 18.9 Å². The number of fused-ring (bicyclic) bond motifs is 1. The fraction of sp³-hybridized carbons (Fsp3) is 0.478. The maximum absolute atomic E-state index is 13.6. The number of nitrogens with one attached hydrogen (secondary N) is 1. The number of ether oxygens (including phenoxy) is 1. The molecule has 2 aromatic heterocycles. The fourth-order valence-electron chi connectivity index (χ4n) is 4.16. The Labute approximate surface area is 211 Å². The number of carbonyl (C=O) groups excluding carboxylic acids is 1. The van der Waals surface area contributed by atoms with Crippen LogP contribution in [0.4, 0.5) is 10.1 Å². The third kappa shape index (κ3) is 4.67. The molecule has 4 heterocycles. The summed E-state index contributed by atoms with van der Waals surface area (Å²) in [7, 11) is 0. The third-order valence-electron chi connectivity index (χ3n) is 6.25. The minimum atomic E-state index is -0.652. The zero-order valence-corrected chi connectivity index (χ0v) is 21.4. The fourth-order valence-corrected chi connectivity index (χ4v) is 5.68. The molecule has 0 radical (unpaired) electrons. The monoisotopic (exact) mass is 517 g/mol. The molecule has 1 aromatic carbocycles. The summed E-state index contributed by atoms with van der Waals surface area (Å²) in [5, 5.41) is 15.4. The van der Waals surface area contributed by atoms with Crippen LogP contribution in [0.3, 0.4) is 0 Å². The smallest absolute Gasteiger partial charge is 0.233 e. The van der Waals surface area contributed by atoms with Gasteiger partial charge in [0.2, 0.25) is 11.0 Å². The number of aromatic nitrogens is 4. The van der Waals surface area contributed by atoms with Crippen molar-refractivity contribution in [1.29, 1.82) is 0 Å². The Morgan fingerprint density at radius 2 is 2.09 bits per heavy atom. The summed E-state index contributed by atoms with van der Waals surface area (Å²) in [6.07, 6.45) is 3.51. The lowest BCUT2D eigenvalue weighted by Gasteiger charge is -2.39. The second-order valence-corrected chi connectivity index (χ2v) is 11.0. The van der Waals surface area contributed by atoms with Crippen molar-refractivity contribution < 1.29 is 13.9 Å². The molecular weight excluding hydrogens is 489 g/mol. The van der Waals surface area contributed by atoms with Gasteiger partial charge in [0.25, 0.3) is 0 Å². The van der Waals surface area contributed by atoms with Gasteiger partial charge in [0, 0.05) is 48.1 Å². The summed E-state index contributed by atoms with van der Waals surface area (Å²) in [5.41, 5.74) is 1.27. The van der Waals surface area contributed by atoms with Gasteiger partial charge in [0.15, 0.2) is 0 Å². The zero-order valence-electron chi connectivity index (χ0n) is 19.7. The first-order chi connectivity index (χ1) is 16.9. The Kier molecular flexibility index (Phi) is 6.80. The summed E-state index contributed by atoms with van der Waals surface area (Å²) >= 11 is 2.80. The standard InChI is InChI=1S/C23H28FN7O2S2/c1-4-20-26-27-22(34-20)31-19-10-16(35-28-23(12-24)13-33-14-23)9-18(17(19)11-25-31)29-5-7-30(8-6-29)21(32)15(2)3/h4,9-11,15,28H,1,5-8,12-14H2,2-3H3. The number of hydrogen-bond acceptors (Lipinski definition) is 9. The van der Waals surface area contributed by atoms with Gasteiger partial charge in [-0.05, 0) is 30.2 Å². The van der Waals surface area contributed by atoms with E-state index < -0.39 is 12.2 Å². The molecule has 9 nitrogen and oxygen atoms in total. The predicted molar refractivity (Wildman–Crippen MR) is 137 cm³/mol. The minimum absolute atomic E-state index is 0.0111. The Morgan fingerprint density at radius 3 is 2.69 bits per heavy atom. The Morgan fingerprint density at radius 1 is 1.31 bits per heavy atom. The van der Waals surface area contributed by atoms with E-state index in [0.29, 0.717) is 31.4 Å². The van der Waals surface area contributed by atoms with Crippen molar-refractivity contribution in [2.45, 2.75) is 24.3 Å². The highest BCUT2D eigenvalue weighted by Gasteiger charge is 2.39. The molecule has 0 atom stereocenters. The van der Waals surface area contributed by atoms with Crippen LogP contribution in [0.25, 0.3) is 22.1 Å². The lowest BCUT2D eigenvalue weighted by Crippen LogP contribution is -2.59. The molecule has 0 unspecified atom stereocenters. The van der Waals surface area contributed by atoms with Gasteiger partial charge in [-0.3, -0.25) is 4.79 Å². The molecule has 12 heteroatoms. The summed E-state index contributed by atoms with van der Waals surface area (Å²) in [5.74, 6) is 0.174. The maximum atomic E-state index is 13.6. The molecule has 0 spiro atoms. The maximum Gasteiger partial charge on any atom is 0.233 e. The van der Waals surface area contributed by atoms with Gasteiger partial charge in [-0.1, -0.05) is 31.8 Å². The quantitative estimate of drug-likeness (QED) is 0.456. The molecule has 0 bridgehead atoms. The van der Waals surface area contributed by atoms with Gasteiger partial charge >= 0.3 is 0 Å². The second kappa shape index (κ2) is 9.84. The predicted octanol–water partition coefficient (Wildman–Crippen LogP) is 3.16. The van der Waals surface area contributed by atoms with E-state index in [1.165, 1.54) is 23.3 Å². The summed E-state index contributed by atoms with van der Waals surface area (Å²) in [6, 6.07) is 4.13. The van der Waals surface area contributed by atoms with E-state index in [9.17, 15) is 9.18 Å². The number of benzene rings is 1. The molecule has 2 aliphatic rings. The Hall–Kier alpha value is -2.54. The van der Waals surface area contributed by atoms with Crippen LogP contribution in [-0.4, -0.2) is 82.4 Å². The number of hydrogen-bond donors (Lipinski definition) is 1. The van der Waals surface area contributed by atoms with Crippen molar-refractivity contribution in [3.63, 3.8) is 0 Å². The lowest BCUT2D eigenvalue weighted by atomic mass is 10.0. The molecule has 35 heavy (non-hydrogen) atoms. The largest absolute Gasteiger partial charge is 0.377 e. The van der Waals surface area contributed by atoms with Gasteiger partial charge in [0.1, 0.15) is 17.2 Å². The summed E-state index contributed by atoms with van der Waals surface area (Å²) in [4.78, 5) is 17.6. The first kappa shape index (κ1) is 24.2. The van der Waals surface area contributed by atoms with Crippen molar-refractivity contribution >= 4 is 51.9 Å². The van der Waals surface area contributed by atoms with E-state index in [4.69, 9.17) is 4.74 Å². The highest BCUT2D eigenvalue weighted by atomic mass is 32.2. The summed E-state index contributed by atoms with van der Waals surface area (Å²) in [6.45, 7) is 10.6. The zero-order chi connectivity index (χ0) is 24.6. The molecular formula is C23H28FN7O2S2. The molecule has 186 valence electrons. The first-order valence-electron chi connectivity index (χ1n) is 11.5. The normalized spacial score (nSPS) is 17.7. The van der Waals surface area contributed by atoms with Crippen molar-refractivity contribution in [3.05, 3.63) is 29.9 Å². The number of halogens is 1. The highest BCUT2D eigenvalue weighted by Crippen LogP contribution is 2.35. The van der Waals surface area contributed by atoms with Crippen LogP contribution < -0.4 is 9.62 Å². The van der Waals surface area contributed by atoms with Crippen LogP contribution in [-0.2, 0) is 9.53 Å². The van der Waals surface area contributed by atoms with E-state index in [0.717, 1.165) is 39.6 Å². The number of piperazine rings is 1. The molecule has 2 saturated heterocycles. The highest BCUT2D eigenvalue weighted by molar-refractivity contribution is 7.97. The molecule has 1 amide bonds. The SMILES string of the molecule is C=Cc1nnc(-n2ncc3c(N4CCN(C(=O)C(C)C)CC4)cc(SNC4(CF)COC4)cc32)s1. The molecule has 3 aromatic rings. The van der Waals surface area contributed by atoms with E-state index in [1.807, 2.05) is 31.0 Å². The average Bonchev–Trinajstić information content (AvgIpc) is 3.49. The molecule has 0 saturated carbocycles. The second-order valence-electron chi connectivity index (χ2n) is 9.14. The third-order valence-corrected chi connectivity index (χ3v) is 8.15. The number of nitrogens with zero attached hydrogens (tertiary/aromatic N) is 6. The average molecular weight is 518 g/mol. The van der Waals surface area contributed by atoms with Crippen molar-refractivity contribution in [1.82, 2.24) is 29.6 Å². The number of alkyl halides is 1. The number of rotatable bonds is 8. The van der Waals surface area contributed by atoms with Crippen molar-refractivity contribution in [2.24, 2.45) is 5.92 Å². The van der Waals surface area contributed by atoms with Crippen LogP contribution in [0, 0.1) is 5.92 Å². The molecule has 1 N–H and O–H groups in total. The van der Waals surface area contributed by atoms with Gasteiger partial charge in [0.05, 0.1) is 24.9 Å². The van der Waals surface area contributed by atoms with Crippen LogP contribution >= 0.6 is 23.3 Å². The van der Waals surface area contributed by atoms with Gasteiger partial charge in [-0.25, -0.2) is 13.8 Å². The number of amides is 1. The summed E-state index contributed by atoms with van der Waals surface area (Å²) < 4.78 is 23.9. The topological polar surface area (TPSA) is 88.4 Å². The molecule has 2 aliphatic heterocycles. The molecule has 5 rings (SSSR count). The molecule has 0 aliphatic carbocycles. The van der Waals surface area contributed by atoms with Crippen LogP contribution in [0.5, 0.6) is 0 Å². The lowest BCUT2D eigenvalue weighted by molar-refractivity contribution is -0.134. The van der Waals surface area contributed by atoms with Crippen molar-refractivity contribution in [3.8, 4) is 5.13 Å². The van der Waals surface area contributed by atoms with E-state index in [1.54, 1.807) is 10.8 Å². The minimum Gasteiger partial charge on any atom is -0.377 e. The van der Waals surface area contributed by atoms with Gasteiger partial charge in [-0.2, -0.15) is 5.10 Å². The first-order valence-corrected chi connectivity index (χ1v) is 13.2.